The number of hydrogen-bond acceptors (Lipinski definition) is 1. The second-order valence-corrected chi connectivity index (χ2v) is 4.68. The van der Waals surface area contributed by atoms with Crippen molar-refractivity contribution in [3.05, 3.63) is 48.0 Å². The summed E-state index contributed by atoms with van der Waals surface area (Å²) in [5.74, 6) is 1.17. The van der Waals surface area contributed by atoms with Crippen LogP contribution in [0.4, 0.5) is 0 Å². The molecule has 0 heterocycles. The zero-order chi connectivity index (χ0) is 12.3. The van der Waals surface area contributed by atoms with Crippen molar-refractivity contribution in [3.8, 4) is 0 Å². The van der Waals surface area contributed by atoms with E-state index < -0.39 is 0 Å². The van der Waals surface area contributed by atoms with Gasteiger partial charge in [-0.05, 0) is 22.8 Å². The van der Waals surface area contributed by atoms with E-state index in [0.717, 1.165) is 12.1 Å². The van der Waals surface area contributed by atoms with Crippen LogP contribution in [0.25, 0.3) is 10.8 Å². The van der Waals surface area contributed by atoms with Crippen LogP contribution >= 0.6 is 0 Å². The standard InChI is InChI=1S/C15H18N2/c1-11(2)10-17-15(16)14-8-7-12-5-3-4-6-13(12)9-14/h3-9,11H,10H2,1-2H3,(H2,16,17). The summed E-state index contributed by atoms with van der Waals surface area (Å²) in [5, 5.41) is 2.43. The van der Waals surface area contributed by atoms with Gasteiger partial charge in [0.1, 0.15) is 5.84 Å². The van der Waals surface area contributed by atoms with E-state index in [2.05, 4.69) is 43.1 Å². The lowest BCUT2D eigenvalue weighted by Gasteiger charge is -2.05. The van der Waals surface area contributed by atoms with Crippen molar-refractivity contribution in [3.63, 3.8) is 0 Å². The van der Waals surface area contributed by atoms with Gasteiger partial charge in [-0.1, -0.05) is 50.2 Å². The molecule has 0 amide bonds. The Morgan fingerprint density at radius 3 is 2.53 bits per heavy atom. The molecule has 0 saturated heterocycles. The molecule has 0 unspecified atom stereocenters. The molecule has 2 nitrogen and oxygen atoms in total. The van der Waals surface area contributed by atoms with Crippen LogP contribution in [-0.4, -0.2) is 12.4 Å². The average Bonchev–Trinajstić information content (AvgIpc) is 2.35. The fourth-order valence-corrected chi connectivity index (χ4v) is 1.72. The fourth-order valence-electron chi connectivity index (χ4n) is 1.72. The number of amidine groups is 1. The lowest BCUT2D eigenvalue weighted by atomic mass is 10.1. The van der Waals surface area contributed by atoms with Gasteiger partial charge in [0.2, 0.25) is 0 Å². The molecule has 0 aliphatic carbocycles. The highest BCUT2D eigenvalue weighted by molar-refractivity contribution is 6.01. The maximum atomic E-state index is 5.98. The van der Waals surface area contributed by atoms with Crippen molar-refractivity contribution >= 4 is 16.6 Å². The molecule has 2 aromatic carbocycles. The summed E-state index contributed by atoms with van der Waals surface area (Å²) in [6.07, 6.45) is 0. The monoisotopic (exact) mass is 226 g/mol. The summed E-state index contributed by atoms with van der Waals surface area (Å²) < 4.78 is 0. The quantitative estimate of drug-likeness (QED) is 0.633. The Hall–Kier alpha value is -1.83. The SMILES string of the molecule is CC(C)CN=C(N)c1ccc2ccccc2c1. The third-order valence-corrected chi connectivity index (χ3v) is 2.67. The number of rotatable bonds is 3. The minimum absolute atomic E-state index is 0.536. The van der Waals surface area contributed by atoms with Crippen molar-refractivity contribution < 1.29 is 0 Å². The summed E-state index contributed by atoms with van der Waals surface area (Å²) in [4.78, 5) is 4.40. The van der Waals surface area contributed by atoms with Crippen LogP contribution in [0.1, 0.15) is 19.4 Å². The molecule has 0 saturated carbocycles. The van der Waals surface area contributed by atoms with E-state index in [1.54, 1.807) is 0 Å². The lowest BCUT2D eigenvalue weighted by Crippen LogP contribution is -2.14. The van der Waals surface area contributed by atoms with Crippen molar-refractivity contribution in [1.29, 1.82) is 0 Å². The zero-order valence-corrected chi connectivity index (χ0v) is 10.4. The number of aliphatic imine (C=N–C) groups is 1. The van der Waals surface area contributed by atoms with E-state index in [-0.39, 0.29) is 0 Å². The Labute approximate surface area is 102 Å². The van der Waals surface area contributed by atoms with Gasteiger partial charge in [0.15, 0.2) is 0 Å². The molecular weight excluding hydrogens is 208 g/mol. The summed E-state index contributed by atoms with van der Waals surface area (Å²) in [6.45, 7) is 5.05. The normalized spacial score (nSPS) is 12.3. The molecule has 0 fully saturated rings. The van der Waals surface area contributed by atoms with E-state index in [1.165, 1.54) is 10.8 Å². The highest BCUT2D eigenvalue weighted by Gasteiger charge is 2.00. The number of hydrogen-bond donors (Lipinski definition) is 1. The minimum atomic E-state index is 0.536. The van der Waals surface area contributed by atoms with Gasteiger partial charge in [-0.15, -0.1) is 0 Å². The largest absolute Gasteiger partial charge is 0.384 e. The molecule has 2 N–H and O–H groups in total. The van der Waals surface area contributed by atoms with E-state index in [4.69, 9.17) is 5.73 Å². The first-order valence-electron chi connectivity index (χ1n) is 5.96. The Morgan fingerprint density at radius 1 is 1.12 bits per heavy atom. The van der Waals surface area contributed by atoms with Crippen LogP contribution in [0.15, 0.2) is 47.5 Å². The molecule has 17 heavy (non-hydrogen) atoms. The lowest BCUT2D eigenvalue weighted by molar-refractivity contribution is 0.665. The van der Waals surface area contributed by atoms with Gasteiger partial charge in [-0.2, -0.15) is 0 Å². The molecule has 0 bridgehead atoms. The molecule has 2 aromatic rings. The highest BCUT2D eigenvalue weighted by atomic mass is 14.8. The van der Waals surface area contributed by atoms with Gasteiger partial charge >= 0.3 is 0 Å². The molecule has 0 atom stereocenters. The van der Waals surface area contributed by atoms with Crippen LogP contribution < -0.4 is 5.73 Å². The maximum absolute atomic E-state index is 5.98. The fraction of sp³-hybridized carbons (Fsp3) is 0.267. The molecule has 0 spiro atoms. The molecule has 2 rings (SSSR count). The van der Waals surface area contributed by atoms with E-state index in [1.807, 2.05) is 18.2 Å². The number of benzene rings is 2. The molecule has 0 aliphatic heterocycles. The van der Waals surface area contributed by atoms with Crippen LogP contribution in [0.5, 0.6) is 0 Å². The third-order valence-electron chi connectivity index (χ3n) is 2.67. The second kappa shape index (κ2) is 5.00. The first kappa shape index (κ1) is 11.6. The molecular formula is C15H18N2. The smallest absolute Gasteiger partial charge is 0.125 e. The molecule has 0 radical (unpaired) electrons. The predicted molar refractivity (Wildman–Crippen MR) is 74.4 cm³/mol. The summed E-state index contributed by atoms with van der Waals surface area (Å²) in [6, 6.07) is 14.5. The van der Waals surface area contributed by atoms with E-state index >= 15 is 0 Å². The number of nitrogens with two attached hydrogens (primary N) is 1. The third kappa shape index (κ3) is 2.84. The van der Waals surface area contributed by atoms with Crippen LogP contribution in [0.3, 0.4) is 0 Å². The van der Waals surface area contributed by atoms with Crippen LogP contribution in [-0.2, 0) is 0 Å². The summed E-state index contributed by atoms with van der Waals surface area (Å²) in [7, 11) is 0. The predicted octanol–water partition coefficient (Wildman–Crippen LogP) is 3.20. The molecule has 0 aromatic heterocycles. The summed E-state index contributed by atoms with van der Waals surface area (Å²) in [5.41, 5.74) is 6.99. The first-order chi connectivity index (χ1) is 8.16. The number of fused-ring (bicyclic) bond motifs is 1. The van der Waals surface area contributed by atoms with Gasteiger partial charge in [-0.25, -0.2) is 0 Å². The van der Waals surface area contributed by atoms with Crippen molar-refractivity contribution in [1.82, 2.24) is 0 Å². The van der Waals surface area contributed by atoms with E-state index in [0.29, 0.717) is 11.8 Å². The molecule has 88 valence electrons. The first-order valence-corrected chi connectivity index (χ1v) is 5.96. The minimum Gasteiger partial charge on any atom is -0.384 e. The zero-order valence-electron chi connectivity index (χ0n) is 10.4. The second-order valence-electron chi connectivity index (χ2n) is 4.68. The Kier molecular flexibility index (Phi) is 3.43. The topological polar surface area (TPSA) is 38.4 Å². The molecule has 2 heteroatoms. The van der Waals surface area contributed by atoms with Crippen molar-refractivity contribution in [2.24, 2.45) is 16.6 Å². The average molecular weight is 226 g/mol. The molecule has 0 aliphatic rings. The van der Waals surface area contributed by atoms with Gasteiger partial charge in [0, 0.05) is 12.1 Å². The Balaban J connectivity index is 2.33. The Bertz CT molecular complexity index is 541. The highest BCUT2D eigenvalue weighted by Crippen LogP contribution is 2.15. The van der Waals surface area contributed by atoms with Gasteiger partial charge in [0.25, 0.3) is 0 Å². The van der Waals surface area contributed by atoms with E-state index in [9.17, 15) is 0 Å². The van der Waals surface area contributed by atoms with Gasteiger partial charge in [0.05, 0.1) is 0 Å². The van der Waals surface area contributed by atoms with Gasteiger partial charge < -0.3 is 5.73 Å². The van der Waals surface area contributed by atoms with Crippen molar-refractivity contribution in [2.75, 3.05) is 6.54 Å². The van der Waals surface area contributed by atoms with Gasteiger partial charge in [-0.3, -0.25) is 4.99 Å². The van der Waals surface area contributed by atoms with Crippen LogP contribution in [0.2, 0.25) is 0 Å². The van der Waals surface area contributed by atoms with Crippen molar-refractivity contribution in [2.45, 2.75) is 13.8 Å². The summed E-state index contributed by atoms with van der Waals surface area (Å²) >= 11 is 0. The maximum Gasteiger partial charge on any atom is 0.125 e. The number of nitrogens with zero attached hydrogens (tertiary/aromatic N) is 1. The van der Waals surface area contributed by atoms with Crippen LogP contribution in [0, 0.1) is 5.92 Å². The Morgan fingerprint density at radius 2 is 1.82 bits per heavy atom.